The summed E-state index contributed by atoms with van der Waals surface area (Å²) in [5.41, 5.74) is 3.69. The first kappa shape index (κ1) is 18.7. The third kappa shape index (κ3) is 4.27. The van der Waals surface area contributed by atoms with Crippen molar-refractivity contribution in [3.8, 4) is 0 Å². The number of benzene rings is 1. The molecule has 0 radical (unpaired) electrons. The van der Waals surface area contributed by atoms with Crippen molar-refractivity contribution in [2.45, 2.75) is 39.7 Å². The fourth-order valence-corrected chi connectivity index (χ4v) is 4.79. The normalized spacial score (nSPS) is 21.7. The van der Waals surface area contributed by atoms with Gasteiger partial charge < -0.3 is 4.90 Å². The van der Waals surface area contributed by atoms with Gasteiger partial charge in [0.25, 0.3) is 0 Å². The fraction of sp³-hybridized carbons (Fsp3) is 0.545. The van der Waals surface area contributed by atoms with Crippen LogP contribution in [-0.4, -0.2) is 41.0 Å². The summed E-state index contributed by atoms with van der Waals surface area (Å²) >= 11 is 6.00. The van der Waals surface area contributed by atoms with Crippen LogP contribution in [0.15, 0.2) is 30.6 Å². The zero-order chi connectivity index (χ0) is 18.8. The summed E-state index contributed by atoms with van der Waals surface area (Å²) in [6, 6.07) is 8.30. The fourth-order valence-electron chi connectivity index (χ4n) is 4.67. The lowest BCUT2D eigenvalue weighted by Gasteiger charge is -2.36. The highest BCUT2D eigenvalue weighted by Gasteiger charge is 2.32. The van der Waals surface area contributed by atoms with E-state index in [2.05, 4.69) is 45.7 Å². The maximum Gasteiger partial charge on any atom is 0.135 e. The second kappa shape index (κ2) is 8.15. The van der Waals surface area contributed by atoms with E-state index >= 15 is 0 Å². The number of nitrogens with zero attached hydrogens (tertiary/aromatic N) is 4. The van der Waals surface area contributed by atoms with Crippen molar-refractivity contribution in [2.24, 2.45) is 11.8 Å². The Morgan fingerprint density at radius 3 is 2.41 bits per heavy atom. The van der Waals surface area contributed by atoms with Crippen LogP contribution >= 0.6 is 11.6 Å². The van der Waals surface area contributed by atoms with Crippen LogP contribution in [0.3, 0.4) is 0 Å². The molecule has 1 aromatic heterocycles. The Morgan fingerprint density at radius 1 is 0.963 bits per heavy atom. The van der Waals surface area contributed by atoms with Gasteiger partial charge in [-0.15, -0.1) is 0 Å². The molecule has 144 valence electrons. The molecule has 2 fully saturated rings. The molecule has 4 rings (SSSR count). The molecule has 0 amide bonds. The van der Waals surface area contributed by atoms with E-state index in [0.717, 1.165) is 48.0 Å². The van der Waals surface area contributed by atoms with Gasteiger partial charge in [0.2, 0.25) is 0 Å². The first-order valence-electron chi connectivity index (χ1n) is 10.1. The Kier molecular flexibility index (Phi) is 5.65. The Morgan fingerprint density at radius 2 is 1.67 bits per heavy atom. The molecule has 0 spiro atoms. The maximum absolute atomic E-state index is 6.00. The van der Waals surface area contributed by atoms with Crippen LogP contribution in [0.25, 0.3) is 0 Å². The molecule has 1 atom stereocenters. The van der Waals surface area contributed by atoms with Gasteiger partial charge in [0.05, 0.1) is 0 Å². The van der Waals surface area contributed by atoms with Crippen molar-refractivity contribution in [3.05, 3.63) is 52.4 Å². The van der Waals surface area contributed by atoms with Crippen molar-refractivity contribution in [3.63, 3.8) is 0 Å². The van der Waals surface area contributed by atoms with Gasteiger partial charge in [-0.2, -0.15) is 0 Å². The summed E-state index contributed by atoms with van der Waals surface area (Å²) in [7, 11) is 0. The lowest BCUT2D eigenvalue weighted by atomic mass is 9.83. The number of likely N-dealkylation sites (tertiary alicyclic amines) is 1. The highest BCUT2D eigenvalue weighted by atomic mass is 35.5. The van der Waals surface area contributed by atoms with Crippen LogP contribution in [0, 0.1) is 25.7 Å². The highest BCUT2D eigenvalue weighted by molar-refractivity contribution is 6.30. The smallest absolute Gasteiger partial charge is 0.135 e. The molecule has 2 aliphatic rings. The summed E-state index contributed by atoms with van der Waals surface area (Å²) in [6.07, 6.45) is 5.60. The van der Waals surface area contributed by atoms with E-state index in [1.54, 1.807) is 6.33 Å². The first-order chi connectivity index (χ1) is 13.1. The number of aromatic nitrogens is 2. The molecule has 2 aliphatic heterocycles. The second-order valence-electron chi connectivity index (χ2n) is 8.14. The number of hydrogen-bond acceptors (Lipinski definition) is 4. The molecular weight excluding hydrogens is 356 g/mol. The van der Waals surface area contributed by atoms with Crippen LogP contribution in [-0.2, 0) is 6.54 Å². The van der Waals surface area contributed by atoms with Gasteiger partial charge >= 0.3 is 0 Å². The van der Waals surface area contributed by atoms with Crippen molar-refractivity contribution in [1.82, 2.24) is 14.9 Å². The van der Waals surface area contributed by atoms with Crippen molar-refractivity contribution >= 4 is 17.4 Å². The van der Waals surface area contributed by atoms with Gasteiger partial charge in [0, 0.05) is 42.5 Å². The summed E-state index contributed by atoms with van der Waals surface area (Å²) in [4.78, 5) is 13.9. The third-order valence-electron chi connectivity index (χ3n) is 6.44. The first-order valence-corrected chi connectivity index (χ1v) is 10.5. The van der Waals surface area contributed by atoms with Gasteiger partial charge in [-0.3, -0.25) is 4.90 Å². The molecule has 3 heterocycles. The Hall–Kier alpha value is -1.65. The second-order valence-corrected chi connectivity index (χ2v) is 8.58. The van der Waals surface area contributed by atoms with Gasteiger partial charge in [0.15, 0.2) is 0 Å². The van der Waals surface area contributed by atoms with Crippen molar-refractivity contribution < 1.29 is 0 Å². The molecule has 1 aromatic carbocycles. The SMILES string of the molecule is Cc1ncnc(N2CCC(C3CCN(Cc4ccc(Cl)cc4)C3)CC2)c1C. The van der Waals surface area contributed by atoms with Gasteiger partial charge in [-0.05, 0) is 69.2 Å². The molecule has 2 saturated heterocycles. The van der Waals surface area contributed by atoms with Crippen molar-refractivity contribution in [2.75, 3.05) is 31.1 Å². The molecule has 0 aliphatic carbocycles. The lowest BCUT2D eigenvalue weighted by Crippen LogP contribution is -2.37. The molecule has 0 bridgehead atoms. The standard InChI is InChI=1S/C22H29ClN4/c1-16-17(2)24-15-25-22(16)27-11-8-19(9-12-27)20-7-10-26(14-20)13-18-3-5-21(23)6-4-18/h3-6,15,19-20H,7-14H2,1-2H3. The van der Waals surface area contributed by atoms with E-state index in [1.807, 2.05) is 12.1 Å². The van der Waals surface area contributed by atoms with E-state index in [0.29, 0.717) is 0 Å². The third-order valence-corrected chi connectivity index (χ3v) is 6.70. The average Bonchev–Trinajstić information content (AvgIpc) is 3.15. The summed E-state index contributed by atoms with van der Waals surface area (Å²) < 4.78 is 0. The minimum absolute atomic E-state index is 0.818. The predicted octanol–water partition coefficient (Wildman–Crippen LogP) is 4.49. The number of rotatable bonds is 4. The minimum Gasteiger partial charge on any atom is -0.356 e. The van der Waals surface area contributed by atoms with E-state index in [1.165, 1.54) is 43.5 Å². The van der Waals surface area contributed by atoms with Crippen molar-refractivity contribution in [1.29, 1.82) is 0 Å². The molecule has 2 aromatic rings. The monoisotopic (exact) mass is 384 g/mol. The maximum atomic E-state index is 6.00. The van der Waals surface area contributed by atoms with Crippen LogP contribution in [0.4, 0.5) is 5.82 Å². The Balaban J connectivity index is 1.30. The molecule has 0 N–H and O–H groups in total. The van der Waals surface area contributed by atoms with E-state index in [-0.39, 0.29) is 0 Å². The van der Waals surface area contributed by atoms with Crippen LogP contribution < -0.4 is 4.90 Å². The molecule has 4 nitrogen and oxygen atoms in total. The number of piperidine rings is 1. The average molecular weight is 385 g/mol. The topological polar surface area (TPSA) is 32.3 Å². The zero-order valence-electron chi connectivity index (χ0n) is 16.4. The number of aryl methyl sites for hydroxylation is 1. The highest BCUT2D eigenvalue weighted by Crippen LogP contribution is 2.34. The van der Waals surface area contributed by atoms with Crippen LogP contribution in [0.1, 0.15) is 36.1 Å². The minimum atomic E-state index is 0.818. The van der Waals surface area contributed by atoms with Gasteiger partial charge in [0.1, 0.15) is 12.1 Å². The van der Waals surface area contributed by atoms with E-state index in [9.17, 15) is 0 Å². The Labute approximate surface area is 167 Å². The predicted molar refractivity (Wildman–Crippen MR) is 111 cm³/mol. The van der Waals surface area contributed by atoms with E-state index < -0.39 is 0 Å². The van der Waals surface area contributed by atoms with Gasteiger partial charge in [-0.25, -0.2) is 9.97 Å². The molecule has 5 heteroatoms. The summed E-state index contributed by atoms with van der Waals surface area (Å²) in [5.74, 6) is 2.82. The van der Waals surface area contributed by atoms with Gasteiger partial charge in [-0.1, -0.05) is 23.7 Å². The van der Waals surface area contributed by atoms with Crippen LogP contribution in [0.2, 0.25) is 5.02 Å². The van der Waals surface area contributed by atoms with E-state index in [4.69, 9.17) is 11.6 Å². The summed E-state index contributed by atoms with van der Waals surface area (Å²) in [6.45, 7) is 9.96. The molecule has 1 unspecified atom stereocenters. The Bertz CT molecular complexity index is 768. The summed E-state index contributed by atoms with van der Waals surface area (Å²) in [5, 5.41) is 0.818. The largest absolute Gasteiger partial charge is 0.356 e. The number of halogens is 1. The molecule has 0 saturated carbocycles. The molecular formula is C22H29ClN4. The zero-order valence-corrected chi connectivity index (χ0v) is 17.1. The van der Waals surface area contributed by atoms with Crippen LogP contribution in [0.5, 0.6) is 0 Å². The lowest BCUT2D eigenvalue weighted by molar-refractivity contribution is 0.252. The number of hydrogen-bond donors (Lipinski definition) is 0. The number of anilines is 1. The quantitative estimate of drug-likeness (QED) is 0.777. The molecule has 27 heavy (non-hydrogen) atoms.